The van der Waals surface area contributed by atoms with Gasteiger partial charge in [-0.15, -0.1) is 0 Å². The van der Waals surface area contributed by atoms with Crippen molar-refractivity contribution < 1.29 is 8.78 Å². The van der Waals surface area contributed by atoms with E-state index in [9.17, 15) is 8.78 Å². The van der Waals surface area contributed by atoms with E-state index in [1.807, 2.05) is 0 Å². The molecule has 26 heavy (non-hydrogen) atoms. The number of hydrogen-bond acceptors (Lipinski definition) is 5. The summed E-state index contributed by atoms with van der Waals surface area (Å²) in [5.41, 5.74) is 0.800. The molecule has 0 saturated heterocycles. The van der Waals surface area contributed by atoms with Gasteiger partial charge >= 0.3 is 0 Å². The van der Waals surface area contributed by atoms with Gasteiger partial charge in [-0.25, -0.2) is 23.7 Å². The Balaban J connectivity index is 1.49. The summed E-state index contributed by atoms with van der Waals surface area (Å²) in [6, 6.07) is 1.57. The van der Waals surface area contributed by atoms with Crippen molar-refractivity contribution in [2.45, 2.75) is 38.1 Å². The molecule has 3 aromatic heterocycles. The van der Waals surface area contributed by atoms with Gasteiger partial charge in [-0.05, 0) is 37.2 Å². The molecule has 0 unspecified atom stereocenters. The first kappa shape index (κ1) is 15.6. The maximum absolute atomic E-state index is 14.3. The molecule has 3 aliphatic carbocycles. The van der Waals surface area contributed by atoms with Crippen molar-refractivity contribution in [3.63, 3.8) is 0 Å². The molecule has 3 saturated carbocycles. The summed E-state index contributed by atoms with van der Waals surface area (Å²) in [6.07, 6.45) is 8.24. The molecule has 134 valence electrons. The van der Waals surface area contributed by atoms with Crippen molar-refractivity contribution in [3.05, 3.63) is 30.1 Å². The molecule has 2 bridgehead atoms. The maximum atomic E-state index is 14.3. The van der Waals surface area contributed by atoms with E-state index in [4.69, 9.17) is 0 Å². The second-order valence-electron chi connectivity index (χ2n) is 7.28. The van der Waals surface area contributed by atoms with Gasteiger partial charge in [0.25, 0.3) is 0 Å². The third-order valence-corrected chi connectivity index (χ3v) is 5.71. The zero-order valence-electron chi connectivity index (χ0n) is 14.0. The summed E-state index contributed by atoms with van der Waals surface area (Å²) < 4.78 is 27.8. The Labute approximate surface area is 148 Å². The van der Waals surface area contributed by atoms with Crippen LogP contribution in [0.25, 0.3) is 22.6 Å². The van der Waals surface area contributed by atoms with E-state index in [1.165, 1.54) is 31.7 Å². The van der Waals surface area contributed by atoms with E-state index in [0.717, 1.165) is 24.7 Å². The lowest BCUT2D eigenvalue weighted by molar-refractivity contribution is 0.157. The van der Waals surface area contributed by atoms with Crippen LogP contribution in [0.2, 0.25) is 0 Å². The average molecular weight is 356 g/mol. The Morgan fingerprint density at radius 1 is 1.08 bits per heavy atom. The van der Waals surface area contributed by atoms with Crippen LogP contribution in [0, 0.1) is 23.5 Å². The van der Waals surface area contributed by atoms with Crippen LogP contribution in [0.4, 0.5) is 14.6 Å². The molecule has 0 aliphatic heterocycles. The van der Waals surface area contributed by atoms with E-state index < -0.39 is 11.6 Å². The lowest BCUT2D eigenvalue weighted by atomic mass is 9.68. The zero-order valence-corrected chi connectivity index (χ0v) is 14.0. The highest BCUT2D eigenvalue weighted by Crippen LogP contribution is 2.42. The van der Waals surface area contributed by atoms with E-state index in [2.05, 4.69) is 30.5 Å². The van der Waals surface area contributed by atoms with Gasteiger partial charge in [0.2, 0.25) is 0 Å². The van der Waals surface area contributed by atoms with E-state index in [-0.39, 0.29) is 17.7 Å². The molecule has 6 rings (SSSR count). The molecule has 0 radical (unpaired) electrons. The second-order valence-corrected chi connectivity index (χ2v) is 7.28. The van der Waals surface area contributed by atoms with Gasteiger partial charge < -0.3 is 5.32 Å². The van der Waals surface area contributed by atoms with Gasteiger partial charge in [-0.3, -0.25) is 5.10 Å². The van der Waals surface area contributed by atoms with Gasteiger partial charge in [0.15, 0.2) is 23.1 Å². The first-order valence-corrected chi connectivity index (χ1v) is 8.96. The largest absolute Gasteiger partial charge is 0.364 e. The average Bonchev–Trinajstić information content (AvgIpc) is 3.07. The minimum atomic E-state index is -0.487. The first-order valence-electron chi connectivity index (χ1n) is 8.96. The Hall–Kier alpha value is -2.64. The number of fused-ring (bicyclic) bond motifs is 4. The maximum Gasteiger partial charge on any atom is 0.183 e. The molecule has 0 amide bonds. The van der Waals surface area contributed by atoms with Crippen LogP contribution in [0.15, 0.2) is 18.5 Å². The van der Waals surface area contributed by atoms with Crippen molar-refractivity contribution >= 4 is 16.9 Å². The van der Waals surface area contributed by atoms with Gasteiger partial charge in [0.05, 0.1) is 17.8 Å². The number of aromatic nitrogens is 5. The summed E-state index contributed by atoms with van der Waals surface area (Å²) in [7, 11) is 0. The van der Waals surface area contributed by atoms with Crippen LogP contribution in [-0.2, 0) is 0 Å². The molecule has 8 heteroatoms. The predicted molar refractivity (Wildman–Crippen MR) is 92.3 cm³/mol. The molecule has 2 N–H and O–H groups in total. The fourth-order valence-electron chi connectivity index (χ4n) is 4.36. The topological polar surface area (TPSA) is 79.4 Å². The Morgan fingerprint density at radius 3 is 2.69 bits per heavy atom. The highest BCUT2D eigenvalue weighted by atomic mass is 19.1. The number of rotatable bonds is 3. The zero-order chi connectivity index (χ0) is 17.7. The van der Waals surface area contributed by atoms with E-state index in [0.29, 0.717) is 22.6 Å². The number of anilines is 1. The van der Waals surface area contributed by atoms with Crippen molar-refractivity contribution in [1.82, 2.24) is 25.1 Å². The van der Waals surface area contributed by atoms with Crippen molar-refractivity contribution in [2.24, 2.45) is 11.8 Å². The molecule has 3 fully saturated rings. The van der Waals surface area contributed by atoms with E-state index in [1.54, 1.807) is 0 Å². The molecule has 6 nitrogen and oxygen atoms in total. The quantitative estimate of drug-likeness (QED) is 0.748. The number of H-pyrrole nitrogens is 1. The Kier molecular flexibility index (Phi) is 3.58. The van der Waals surface area contributed by atoms with Crippen LogP contribution in [0.5, 0.6) is 0 Å². The minimum Gasteiger partial charge on any atom is -0.364 e. The molecule has 3 heterocycles. The first-order chi connectivity index (χ1) is 12.7. The van der Waals surface area contributed by atoms with Gasteiger partial charge in [-0.1, -0.05) is 12.8 Å². The number of hydrogen-bond donors (Lipinski definition) is 2. The highest BCUT2D eigenvalue weighted by Gasteiger charge is 2.36. The SMILES string of the molecule is Fc1cnc2[nH]nc(-c3ncc(F)c(N[C@@H]4CC5CCC4CC5)n3)c2c1. The number of pyridine rings is 1. The Morgan fingerprint density at radius 2 is 1.92 bits per heavy atom. The molecule has 0 spiro atoms. The van der Waals surface area contributed by atoms with Crippen molar-refractivity contribution in [1.29, 1.82) is 0 Å². The van der Waals surface area contributed by atoms with Gasteiger partial charge in [0, 0.05) is 6.04 Å². The van der Waals surface area contributed by atoms with Gasteiger partial charge in [-0.2, -0.15) is 5.10 Å². The van der Waals surface area contributed by atoms with Crippen LogP contribution in [0.3, 0.4) is 0 Å². The summed E-state index contributed by atoms with van der Waals surface area (Å²) in [5.74, 6) is 0.772. The lowest BCUT2D eigenvalue weighted by Crippen LogP contribution is -2.40. The number of nitrogens with zero attached hydrogens (tertiary/aromatic N) is 4. The fraction of sp³-hybridized carbons (Fsp3) is 0.444. The third-order valence-electron chi connectivity index (χ3n) is 5.71. The summed E-state index contributed by atoms with van der Waals surface area (Å²) in [5, 5.41) is 10.6. The summed E-state index contributed by atoms with van der Waals surface area (Å²) in [4.78, 5) is 12.3. The van der Waals surface area contributed by atoms with Crippen LogP contribution < -0.4 is 5.32 Å². The number of nitrogens with one attached hydrogen (secondary N) is 2. The predicted octanol–water partition coefficient (Wildman–Crippen LogP) is 3.68. The fourth-order valence-corrected chi connectivity index (χ4v) is 4.36. The number of halogens is 2. The highest BCUT2D eigenvalue weighted by molar-refractivity contribution is 5.88. The molecule has 0 aromatic carbocycles. The molecule has 3 aromatic rings. The third kappa shape index (κ3) is 2.60. The van der Waals surface area contributed by atoms with Crippen molar-refractivity contribution in [3.8, 4) is 11.5 Å². The molecule has 1 atom stereocenters. The normalized spacial score (nSPS) is 24.9. The smallest absolute Gasteiger partial charge is 0.183 e. The molecular formula is C18H18F2N6. The second kappa shape index (κ2) is 5.96. The standard InChI is InChI=1S/C18H18F2N6/c19-11-6-12-15(25-26-16(12)21-7-11)18-22-8-13(20)17(24-18)23-14-5-9-1-3-10(14)4-2-9/h6-10,14H,1-5H2,(H,21,25,26)(H,22,23,24)/t9?,10?,14-/m1/s1. The monoisotopic (exact) mass is 356 g/mol. The van der Waals surface area contributed by atoms with Gasteiger partial charge in [0.1, 0.15) is 11.5 Å². The lowest BCUT2D eigenvalue weighted by Gasteiger charge is -2.42. The van der Waals surface area contributed by atoms with Crippen LogP contribution in [-0.4, -0.2) is 31.2 Å². The van der Waals surface area contributed by atoms with Crippen molar-refractivity contribution in [2.75, 3.05) is 5.32 Å². The summed E-state index contributed by atoms with van der Waals surface area (Å²) in [6.45, 7) is 0. The molecular weight excluding hydrogens is 338 g/mol. The van der Waals surface area contributed by atoms with Crippen LogP contribution in [0.1, 0.15) is 32.1 Å². The van der Waals surface area contributed by atoms with E-state index >= 15 is 0 Å². The number of aromatic amines is 1. The Bertz CT molecular complexity index is 963. The minimum absolute atomic E-state index is 0.188. The summed E-state index contributed by atoms with van der Waals surface area (Å²) >= 11 is 0. The molecule has 3 aliphatic rings. The van der Waals surface area contributed by atoms with Crippen LogP contribution >= 0.6 is 0 Å².